The lowest BCUT2D eigenvalue weighted by molar-refractivity contribution is 0.369. The van der Waals surface area contributed by atoms with Gasteiger partial charge in [-0.25, -0.2) is 4.98 Å². The van der Waals surface area contributed by atoms with Crippen LogP contribution >= 0.6 is 0 Å². The van der Waals surface area contributed by atoms with Crippen molar-refractivity contribution in [1.29, 1.82) is 5.26 Å². The summed E-state index contributed by atoms with van der Waals surface area (Å²) in [6.07, 6.45) is 1.61. The van der Waals surface area contributed by atoms with Gasteiger partial charge in [0.1, 0.15) is 11.8 Å². The molecule has 0 unspecified atom stereocenters. The zero-order valence-corrected chi connectivity index (χ0v) is 9.47. The SMILES string of the molecule is Cc1cc(CNCc2cccnc2C#N)on1. The van der Waals surface area contributed by atoms with Crippen molar-refractivity contribution in [3.8, 4) is 6.07 Å². The quantitative estimate of drug-likeness (QED) is 0.859. The number of nitrogens with zero attached hydrogens (tertiary/aromatic N) is 3. The molecule has 0 aromatic carbocycles. The maximum atomic E-state index is 8.87. The summed E-state index contributed by atoms with van der Waals surface area (Å²) < 4.78 is 5.07. The van der Waals surface area contributed by atoms with Crippen molar-refractivity contribution in [3.05, 3.63) is 47.1 Å². The summed E-state index contributed by atoms with van der Waals surface area (Å²) in [6, 6.07) is 7.63. The van der Waals surface area contributed by atoms with Crippen LogP contribution in [0.4, 0.5) is 0 Å². The van der Waals surface area contributed by atoms with Crippen LogP contribution in [0.1, 0.15) is 22.7 Å². The Morgan fingerprint density at radius 1 is 1.47 bits per heavy atom. The molecule has 86 valence electrons. The van der Waals surface area contributed by atoms with Gasteiger partial charge in [0, 0.05) is 24.4 Å². The molecule has 5 nitrogen and oxygen atoms in total. The van der Waals surface area contributed by atoms with Gasteiger partial charge in [-0.15, -0.1) is 0 Å². The van der Waals surface area contributed by atoms with Crippen LogP contribution < -0.4 is 5.32 Å². The van der Waals surface area contributed by atoms with Crippen molar-refractivity contribution in [2.45, 2.75) is 20.0 Å². The number of aryl methyl sites for hydroxylation is 1. The van der Waals surface area contributed by atoms with Gasteiger partial charge in [0.25, 0.3) is 0 Å². The molecule has 2 rings (SSSR count). The van der Waals surface area contributed by atoms with Crippen LogP contribution in [0.25, 0.3) is 0 Å². The van der Waals surface area contributed by atoms with Gasteiger partial charge in [-0.05, 0) is 13.0 Å². The first-order valence-electron chi connectivity index (χ1n) is 5.26. The van der Waals surface area contributed by atoms with Crippen LogP contribution in [-0.2, 0) is 13.1 Å². The van der Waals surface area contributed by atoms with E-state index in [0.29, 0.717) is 18.8 Å². The van der Waals surface area contributed by atoms with E-state index < -0.39 is 0 Å². The van der Waals surface area contributed by atoms with E-state index >= 15 is 0 Å². The van der Waals surface area contributed by atoms with Crippen LogP contribution in [0.2, 0.25) is 0 Å². The number of nitrogens with one attached hydrogen (secondary N) is 1. The first kappa shape index (κ1) is 11.3. The third-order valence-corrected chi connectivity index (χ3v) is 2.29. The number of aromatic nitrogens is 2. The van der Waals surface area contributed by atoms with Gasteiger partial charge in [0.15, 0.2) is 5.76 Å². The number of hydrogen-bond donors (Lipinski definition) is 1. The fourth-order valence-electron chi connectivity index (χ4n) is 1.50. The topological polar surface area (TPSA) is 74.7 Å². The first-order valence-corrected chi connectivity index (χ1v) is 5.26. The standard InChI is InChI=1S/C12H12N4O/c1-9-5-11(17-16-9)8-14-7-10-3-2-4-15-12(10)6-13/h2-5,14H,7-8H2,1H3. The van der Waals surface area contributed by atoms with Gasteiger partial charge in [0.2, 0.25) is 0 Å². The van der Waals surface area contributed by atoms with E-state index in [-0.39, 0.29) is 0 Å². The Morgan fingerprint density at radius 2 is 2.35 bits per heavy atom. The number of pyridine rings is 1. The lowest BCUT2D eigenvalue weighted by Crippen LogP contribution is -2.13. The fourth-order valence-corrected chi connectivity index (χ4v) is 1.50. The summed E-state index contributed by atoms with van der Waals surface area (Å²) in [5, 5.41) is 15.8. The van der Waals surface area contributed by atoms with Crippen LogP contribution in [0.15, 0.2) is 28.9 Å². The normalized spacial score (nSPS) is 10.1. The van der Waals surface area contributed by atoms with Gasteiger partial charge in [0.05, 0.1) is 12.2 Å². The molecule has 5 heteroatoms. The average Bonchev–Trinajstić information content (AvgIpc) is 2.76. The van der Waals surface area contributed by atoms with Crippen molar-refractivity contribution in [2.75, 3.05) is 0 Å². The van der Waals surface area contributed by atoms with E-state index in [0.717, 1.165) is 17.0 Å². The molecule has 0 bridgehead atoms. The Morgan fingerprint density at radius 3 is 3.06 bits per heavy atom. The minimum atomic E-state index is 0.453. The maximum Gasteiger partial charge on any atom is 0.150 e. The van der Waals surface area contributed by atoms with Crippen LogP contribution in [0.3, 0.4) is 0 Å². The minimum Gasteiger partial charge on any atom is -0.360 e. The van der Waals surface area contributed by atoms with Crippen LogP contribution in [0, 0.1) is 18.3 Å². The highest BCUT2D eigenvalue weighted by atomic mass is 16.5. The molecular formula is C12H12N4O. The van der Waals surface area contributed by atoms with Crippen molar-refractivity contribution >= 4 is 0 Å². The molecule has 0 amide bonds. The van der Waals surface area contributed by atoms with Crippen LogP contribution in [-0.4, -0.2) is 10.1 Å². The predicted octanol–water partition coefficient (Wildman–Crippen LogP) is 1.54. The Hall–Kier alpha value is -2.19. The molecule has 0 spiro atoms. The molecule has 0 radical (unpaired) electrons. The molecule has 0 atom stereocenters. The zero-order valence-electron chi connectivity index (χ0n) is 9.47. The summed E-state index contributed by atoms with van der Waals surface area (Å²) in [7, 11) is 0. The Kier molecular flexibility index (Phi) is 3.48. The van der Waals surface area contributed by atoms with E-state index in [1.807, 2.05) is 25.1 Å². The summed E-state index contributed by atoms with van der Waals surface area (Å²) in [6.45, 7) is 3.04. The third kappa shape index (κ3) is 2.89. The molecule has 2 aromatic rings. The Balaban J connectivity index is 1.92. The third-order valence-electron chi connectivity index (χ3n) is 2.29. The summed E-state index contributed by atoms with van der Waals surface area (Å²) >= 11 is 0. The first-order chi connectivity index (χ1) is 8.29. The van der Waals surface area contributed by atoms with Gasteiger partial charge in [-0.1, -0.05) is 11.2 Å². The van der Waals surface area contributed by atoms with Gasteiger partial charge < -0.3 is 9.84 Å². The van der Waals surface area contributed by atoms with Gasteiger partial charge in [-0.3, -0.25) is 0 Å². The second-order valence-corrected chi connectivity index (χ2v) is 3.66. The van der Waals surface area contributed by atoms with Crippen molar-refractivity contribution in [2.24, 2.45) is 0 Å². The van der Waals surface area contributed by atoms with Crippen molar-refractivity contribution in [3.63, 3.8) is 0 Å². The predicted molar refractivity (Wildman–Crippen MR) is 60.7 cm³/mol. The maximum absolute atomic E-state index is 8.87. The lowest BCUT2D eigenvalue weighted by atomic mass is 10.2. The highest BCUT2D eigenvalue weighted by molar-refractivity contribution is 5.30. The molecule has 2 aromatic heterocycles. The molecule has 17 heavy (non-hydrogen) atoms. The van der Waals surface area contributed by atoms with E-state index in [2.05, 4.69) is 21.5 Å². The molecule has 0 saturated carbocycles. The Bertz CT molecular complexity index is 541. The largest absolute Gasteiger partial charge is 0.360 e. The second-order valence-electron chi connectivity index (χ2n) is 3.66. The molecule has 0 aliphatic carbocycles. The van der Waals surface area contributed by atoms with Crippen LogP contribution in [0.5, 0.6) is 0 Å². The molecule has 0 saturated heterocycles. The van der Waals surface area contributed by atoms with Crippen molar-refractivity contribution in [1.82, 2.24) is 15.5 Å². The highest BCUT2D eigenvalue weighted by Crippen LogP contribution is 2.05. The van der Waals surface area contributed by atoms with E-state index in [4.69, 9.17) is 9.78 Å². The summed E-state index contributed by atoms with van der Waals surface area (Å²) in [4.78, 5) is 3.99. The number of nitriles is 1. The van der Waals surface area contributed by atoms with Gasteiger partial charge in [-0.2, -0.15) is 5.26 Å². The van der Waals surface area contributed by atoms with E-state index in [1.165, 1.54) is 0 Å². The number of hydrogen-bond acceptors (Lipinski definition) is 5. The monoisotopic (exact) mass is 228 g/mol. The lowest BCUT2D eigenvalue weighted by Gasteiger charge is -2.03. The van der Waals surface area contributed by atoms with Crippen molar-refractivity contribution < 1.29 is 4.52 Å². The smallest absolute Gasteiger partial charge is 0.150 e. The molecule has 0 aliphatic heterocycles. The summed E-state index contributed by atoms with van der Waals surface area (Å²) in [5.41, 5.74) is 2.20. The van der Waals surface area contributed by atoms with E-state index in [9.17, 15) is 0 Å². The highest BCUT2D eigenvalue weighted by Gasteiger charge is 2.03. The molecule has 2 heterocycles. The Labute approximate surface area is 99.1 Å². The minimum absolute atomic E-state index is 0.453. The molecule has 0 aliphatic rings. The average molecular weight is 228 g/mol. The molecular weight excluding hydrogens is 216 g/mol. The number of rotatable bonds is 4. The molecule has 0 fully saturated rings. The zero-order chi connectivity index (χ0) is 12.1. The van der Waals surface area contributed by atoms with Gasteiger partial charge >= 0.3 is 0 Å². The van der Waals surface area contributed by atoms with E-state index in [1.54, 1.807) is 6.20 Å². The molecule has 1 N–H and O–H groups in total. The second kappa shape index (κ2) is 5.23. The fraction of sp³-hybridized carbons (Fsp3) is 0.250. The summed E-state index contributed by atoms with van der Waals surface area (Å²) in [5.74, 6) is 0.782.